The van der Waals surface area contributed by atoms with Gasteiger partial charge >= 0.3 is 11.9 Å². The average Bonchev–Trinajstić information content (AvgIpc) is 2.77. The van der Waals surface area contributed by atoms with Crippen LogP contribution in [-0.2, 0) is 20.0 Å². The standard InChI is InChI=1S/C25H21NO6/c1-16(27)30-20-12-8-18(9-13-20)25(19-10-14-21(15-11-19)31-17(2)28)24(29)26(3)22-6-4-5-7-23(22)32-25/h4-15H,1-3H3. The van der Waals surface area contributed by atoms with E-state index in [9.17, 15) is 14.4 Å². The van der Waals surface area contributed by atoms with Gasteiger partial charge in [0, 0.05) is 32.0 Å². The molecule has 0 unspecified atom stereocenters. The summed E-state index contributed by atoms with van der Waals surface area (Å²) in [5, 5.41) is 0. The summed E-state index contributed by atoms with van der Waals surface area (Å²) in [7, 11) is 1.69. The van der Waals surface area contributed by atoms with Gasteiger partial charge in [0.2, 0.25) is 5.60 Å². The molecule has 0 radical (unpaired) electrons. The number of nitrogens with zero attached hydrogens (tertiary/aromatic N) is 1. The molecule has 0 atom stereocenters. The SMILES string of the molecule is CC(=O)Oc1ccc(C2(c3ccc(OC(C)=O)cc3)Oc3ccccc3N(C)C2=O)cc1. The Bertz CT molecular complexity index is 1120. The second kappa shape index (κ2) is 8.19. The van der Waals surface area contributed by atoms with Gasteiger partial charge in [-0.1, -0.05) is 36.4 Å². The monoisotopic (exact) mass is 431 g/mol. The van der Waals surface area contributed by atoms with Crippen LogP contribution in [0, 0.1) is 0 Å². The van der Waals surface area contributed by atoms with Crippen molar-refractivity contribution >= 4 is 23.5 Å². The number of benzene rings is 3. The number of hydrogen-bond acceptors (Lipinski definition) is 6. The zero-order chi connectivity index (χ0) is 22.9. The predicted molar refractivity (Wildman–Crippen MR) is 117 cm³/mol. The molecule has 7 heteroatoms. The van der Waals surface area contributed by atoms with Gasteiger partial charge in [0.05, 0.1) is 5.69 Å². The molecule has 0 saturated heterocycles. The maximum atomic E-state index is 13.8. The van der Waals surface area contributed by atoms with Crippen LogP contribution in [-0.4, -0.2) is 24.9 Å². The summed E-state index contributed by atoms with van der Waals surface area (Å²) < 4.78 is 16.7. The topological polar surface area (TPSA) is 82.1 Å². The van der Waals surface area contributed by atoms with Gasteiger partial charge in [-0.05, 0) is 36.4 Å². The summed E-state index contributed by atoms with van der Waals surface area (Å²) in [5.74, 6) is 0.0935. The van der Waals surface area contributed by atoms with Crippen molar-refractivity contribution in [2.75, 3.05) is 11.9 Å². The number of amides is 1. The first-order chi connectivity index (χ1) is 15.3. The lowest BCUT2D eigenvalue weighted by Crippen LogP contribution is -2.53. The first kappa shape index (κ1) is 21.1. The van der Waals surface area contributed by atoms with E-state index in [0.29, 0.717) is 34.1 Å². The largest absolute Gasteiger partial charge is 0.466 e. The van der Waals surface area contributed by atoms with Crippen LogP contribution in [0.4, 0.5) is 5.69 Å². The molecule has 32 heavy (non-hydrogen) atoms. The van der Waals surface area contributed by atoms with Crippen molar-refractivity contribution < 1.29 is 28.6 Å². The minimum absolute atomic E-state index is 0.295. The lowest BCUT2D eigenvalue weighted by Gasteiger charge is -2.42. The van der Waals surface area contributed by atoms with Crippen molar-refractivity contribution in [2.24, 2.45) is 0 Å². The summed E-state index contributed by atoms with van der Waals surface area (Å²) in [6.07, 6.45) is 0. The van der Waals surface area contributed by atoms with Gasteiger partial charge in [-0.3, -0.25) is 14.4 Å². The minimum atomic E-state index is -1.49. The van der Waals surface area contributed by atoms with E-state index in [4.69, 9.17) is 14.2 Å². The molecule has 0 bridgehead atoms. The summed E-state index contributed by atoms with van der Waals surface area (Å²) in [6, 6.07) is 20.5. The summed E-state index contributed by atoms with van der Waals surface area (Å²) in [6.45, 7) is 2.64. The number of anilines is 1. The molecule has 3 aromatic carbocycles. The molecule has 1 heterocycles. The normalized spacial score (nSPS) is 14.2. The van der Waals surface area contributed by atoms with E-state index in [1.807, 2.05) is 18.2 Å². The summed E-state index contributed by atoms with van der Waals surface area (Å²) in [4.78, 5) is 37.9. The maximum absolute atomic E-state index is 13.8. The van der Waals surface area contributed by atoms with Gasteiger partial charge in [-0.25, -0.2) is 0 Å². The molecule has 3 aromatic rings. The van der Waals surface area contributed by atoms with Gasteiger partial charge in [0.1, 0.15) is 17.2 Å². The van der Waals surface area contributed by atoms with Crippen molar-refractivity contribution in [3.8, 4) is 17.2 Å². The van der Waals surface area contributed by atoms with Crippen molar-refractivity contribution in [1.29, 1.82) is 0 Å². The van der Waals surface area contributed by atoms with Crippen LogP contribution in [0.15, 0.2) is 72.8 Å². The Labute approximate surface area is 185 Å². The first-order valence-electron chi connectivity index (χ1n) is 9.95. The molecule has 0 fully saturated rings. The molecule has 1 aliphatic rings. The van der Waals surface area contributed by atoms with E-state index in [0.717, 1.165) is 0 Å². The number of esters is 2. The summed E-state index contributed by atoms with van der Waals surface area (Å²) in [5.41, 5.74) is 0.272. The van der Waals surface area contributed by atoms with Gasteiger partial charge in [0.25, 0.3) is 5.91 Å². The molecule has 0 spiro atoms. The Morgan fingerprint density at radius 3 is 1.72 bits per heavy atom. The third-order valence-electron chi connectivity index (χ3n) is 5.14. The van der Waals surface area contributed by atoms with Crippen LogP contribution in [0.2, 0.25) is 0 Å². The van der Waals surface area contributed by atoms with E-state index in [1.54, 1.807) is 66.5 Å². The second-order valence-electron chi connectivity index (χ2n) is 7.35. The van der Waals surface area contributed by atoms with Gasteiger partial charge in [-0.2, -0.15) is 0 Å². The van der Waals surface area contributed by atoms with Gasteiger partial charge in [-0.15, -0.1) is 0 Å². The molecule has 162 valence electrons. The summed E-state index contributed by atoms with van der Waals surface area (Å²) >= 11 is 0. The van der Waals surface area contributed by atoms with Crippen LogP contribution in [0.25, 0.3) is 0 Å². The molecular formula is C25H21NO6. The second-order valence-corrected chi connectivity index (χ2v) is 7.35. The molecule has 0 saturated carbocycles. The van der Waals surface area contributed by atoms with Crippen molar-refractivity contribution in [3.05, 3.63) is 83.9 Å². The van der Waals surface area contributed by atoms with E-state index >= 15 is 0 Å². The van der Waals surface area contributed by atoms with Crippen LogP contribution >= 0.6 is 0 Å². The van der Waals surface area contributed by atoms with E-state index < -0.39 is 17.5 Å². The number of para-hydroxylation sites is 2. The quantitative estimate of drug-likeness (QED) is 0.461. The lowest BCUT2D eigenvalue weighted by molar-refractivity contribution is -0.133. The van der Waals surface area contributed by atoms with Crippen LogP contribution in [0.1, 0.15) is 25.0 Å². The molecule has 4 rings (SSSR count). The van der Waals surface area contributed by atoms with Gasteiger partial charge in [0.15, 0.2) is 0 Å². The fourth-order valence-corrected chi connectivity index (χ4v) is 3.75. The predicted octanol–water partition coefficient (Wildman–Crippen LogP) is 3.84. The van der Waals surface area contributed by atoms with Crippen LogP contribution in [0.3, 0.4) is 0 Å². The fourth-order valence-electron chi connectivity index (χ4n) is 3.75. The molecule has 0 aliphatic carbocycles. The highest BCUT2D eigenvalue weighted by Gasteiger charge is 2.50. The third-order valence-corrected chi connectivity index (χ3v) is 5.14. The van der Waals surface area contributed by atoms with E-state index in [1.165, 1.54) is 13.8 Å². The zero-order valence-electron chi connectivity index (χ0n) is 17.8. The average molecular weight is 431 g/mol. The van der Waals surface area contributed by atoms with Crippen molar-refractivity contribution in [1.82, 2.24) is 0 Å². The number of likely N-dealkylation sites (N-methyl/N-ethyl adjacent to an activating group) is 1. The molecule has 0 aromatic heterocycles. The highest BCUT2D eigenvalue weighted by Crippen LogP contribution is 2.45. The van der Waals surface area contributed by atoms with Gasteiger partial charge < -0.3 is 19.1 Å². The Kier molecular flexibility index (Phi) is 5.40. The Hall–Kier alpha value is -4.13. The highest BCUT2D eigenvalue weighted by atomic mass is 16.5. The lowest BCUT2D eigenvalue weighted by atomic mass is 9.83. The van der Waals surface area contributed by atoms with Crippen LogP contribution in [0.5, 0.6) is 17.2 Å². The maximum Gasteiger partial charge on any atom is 0.308 e. The smallest absolute Gasteiger partial charge is 0.308 e. The number of hydrogen-bond donors (Lipinski definition) is 0. The number of ether oxygens (including phenoxy) is 3. The molecule has 7 nitrogen and oxygen atoms in total. The minimum Gasteiger partial charge on any atom is -0.466 e. The Balaban J connectivity index is 1.86. The number of rotatable bonds is 4. The third kappa shape index (κ3) is 3.69. The fraction of sp³-hybridized carbons (Fsp3) is 0.160. The van der Waals surface area contributed by atoms with Crippen molar-refractivity contribution in [2.45, 2.75) is 19.4 Å². The Morgan fingerprint density at radius 1 is 0.781 bits per heavy atom. The van der Waals surface area contributed by atoms with Crippen molar-refractivity contribution in [3.63, 3.8) is 0 Å². The van der Waals surface area contributed by atoms with E-state index in [2.05, 4.69) is 0 Å². The zero-order valence-corrected chi connectivity index (χ0v) is 17.8. The molecular weight excluding hydrogens is 410 g/mol. The molecule has 1 aliphatic heterocycles. The number of fused-ring (bicyclic) bond motifs is 1. The van der Waals surface area contributed by atoms with Crippen LogP contribution < -0.4 is 19.1 Å². The number of carbonyl (C=O) groups is 3. The molecule has 1 amide bonds. The number of carbonyl (C=O) groups excluding carboxylic acids is 3. The molecule has 0 N–H and O–H groups in total. The van der Waals surface area contributed by atoms with E-state index in [-0.39, 0.29) is 5.91 Å². The first-order valence-corrected chi connectivity index (χ1v) is 9.95. The Morgan fingerprint density at radius 2 is 1.25 bits per heavy atom. The highest BCUT2D eigenvalue weighted by molar-refractivity contribution is 6.05.